The molecule has 5 saturated heterocycles. The van der Waals surface area contributed by atoms with Crippen molar-refractivity contribution in [3.05, 3.63) is 11.6 Å². The standard InChI is InChI=1S/C56H90O32S3/c1-24(2)12-11-17-55(9)46-29(80-26(4)57)20-54(8)28-13-14-33-52(5,6)34(16-18-53(33,7)27(28)15-19-56(46,54)51(65)87-55)83-50-45(37(60)32(21-76-50)88-91(72,73)74)86-47-39(62)38(61)42(25(3)79-47)84-49-41(64)44(36(59)31(82-49)23-78-90(69,70)71)85-48-40(63)43(75-10)35(58)30(81-48)22-77-89(66,67)68/h13,24-25,27,29-50,58-64H,11-12,14-23H2,1-10H3,(H,66,67,68)(H,69,70,71)(H,72,73,74)/t25-,27?,29?,30-,31-,32-,33?,34+,35-,36-,37+,38-,39-,40-,41-,42-,43+,44+,45-,46?,47+,48+,49+,50+,53-,54+,55?,56?/m1/s1. The molecule has 8 fully saturated rings. The van der Waals surface area contributed by atoms with Crippen LogP contribution in [-0.4, -0.2) is 248 Å². The van der Waals surface area contributed by atoms with Gasteiger partial charge in [-0.3, -0.25) is 23.2 Å². The van der Waals surface area contributed by atoms with Gasteiger partial charge in [-0.2, -0.15) is 25.3 Å². The van der Waals surface area contributed by atoms with Crippen molar-refractivity contribution in [3.8, 4) is 0 Å². The number of aliphatic hydroxyl groups is 7. The van der Waals surface area contributed by atoms with Crippen molar-refractivity contribution < 1.29 is 149 Å². The van der Waals surface area contributed by atoms with Gasteiger partial charge in [0.25, 0.3) is 0 Å². The summed E-state index contributed by atoms with van der Waals surface area (Å²) in [5, 5.41) is 80.4. The first-order chi connectivity index (χ1) is 42.1. The summed E-state index contributed by atoms with van der Waals surface area (Å²) in [6.07, 6.45) is -30.1. The number of carbonyl (C=O) groups is 2. The van der Waals surface area contributed by atoms with E-state index in [1.807, 2.05) is 20.8 Å². The number of cyclic esters (lactones) is 1. The predicted molar refractivity (Wildman–Crippen MR) is 303 cm³/mol. The van der Waals surface area contributed by atoms with E-state index in [0.717, 1.165) is 25.5 Å². The monoisotopic (exact) mass is 1370 g/mol. The van der Waals surface area contributed by atoms with Crippen LogP contribution in [0.1, 0.15) is 120 Å². The third-order valence-electron chi connectivity index (χ3n) is 21.2. The Bertz CT molecular complexity index is 2990. The molecule has 0 bridgehead atoms. The fourth-order valence-corrected chi connectivity index (χ4v) is 18.1. The number of ether oxygens (including phenoxy) is 11. The maximum absolute atomic E-state index is 14.7. The molecule has 524 valence electrons. The quantitative estimate of drug-likeness (QED) is 0.0378. The van der Waals surface area contributed by atoms with E-state index in [1.54, 1.807) is 0 Å². The number of rotatable bonds is 22. The molecule has 32 nitrogen and oxygen atoms in total. The van der Waals surface area contributed by atoms with E-state index in [1.165, 1.54) is 13.8 Å². The van der Waals surface area contributed by atoms with E-state index in [2.05, 4.69) is 42.1 Å². The Morgan fingerprint density at radius 1 is 0.681 bits per heavy atom. The van der Waals surface area contributed by atoms with Gasteiger partial charge in [0.15, 0.2) is 25.2 Å². The lowest BCUT2D eigenvalue weighted by molar-refractivity contribution is -0.389. The summed E-state index contributed by atoms with van der Waals surface area (Å²) in [6, 6.07) is 0. The van der Waals surface area contributed by atoms with Crippen LogP contribution in [0.15, 0.2) is 11.6 Å². The molecule has 0 aromatic heterocycles. The average molecular weight is 1370 g/mol. The summed E-state index contributed by atoms with van der Waals surface area (Å²) in [6.45, 7) is 14.5. The molecule has 5 aliphatic heterocycles. The smallest absolute Gasteiger partial charge is 0.397 e. The topological polar surface area (TPSA) is 468 Å². The summed E-state index contributed by atoms with van der Waals surface area (Å²) < 4.78 is 178. The number of fused-ring (bicyclic) bond motifs is 4. The molecule has 9 aliphatic rings. The molecule has 28 atom stereocenters. The van der Waals surface area contributed by atoms with Crippen molar-refractivity contribution >= 4 is 43.1 Å². The molecule has 10 N–H and O–H groups in total. The first-order valence-electron chi connectivity index (χ1n) is 30.6. The van der Waals surface area contributed by atoms with Gasteiger partial charge >= 0.3 is 43.1 Å². The second-order valence-electron chi connectivity index (χ2n) is 27.6. The molecule has 4 aliphatic carbocycles. The Morgan fingerprint density at radius 3 is 1.82 bits per heavy atom. The normalized spacial score (nSPS) is 46.7. The number of hydrogen-bond acceptors (Lipinski definition) is 29. The molecule has 0 aromatic carbocycles. The molecule has 0 amide bonds. The number of allylic oxidation sites excluding steroid dienone is 2. The third kappa shape index (κ3) is 14.2. The van der Waals surface area contributed by atoms with Crippen LogP contribution in [0.3, 0.4) is 0 Å². The van der Waals surface area contributed by atoms with Gasteiger partial charge in [0.1, 0.15) is 97.2 Å². The largest absolute Gasteiger partial charge is 0.462 e. The molecule has 3 saturated carbocycles. The Morgan fingerprint density at radius 2 is 1.25 bits per heavy atom. The maximum Gasteiger partial charge on any atom is 0.397 e. The zero-order valence-electron chi connectivity index (χ0n) is 52.2. The summed E-state index contributed by atoms with van der Waals surface area (Å²) >= 11 is 0. The molecule has 1 spiro atoms. The van der Waals surface area contributed by atoms with Crippen LogP contribution in [0.4, 0.5) is 0 Å². The van der Waals surface area contributed by atoms with Gasteiger partial charge in [0.2, 0.25) is 0 Å². The third-order valence-corrected chi connectivity index (χ3v) is 22.6. The van der Waals surface area contributed by atoms with Gasteiger partial charge in [0.05, 0.1) is 43.4 Å². The molecular weight excluding hydrogens is 1280 g/mol. The maximum atomic E-state index is 14.7. The summed E-state index contributed by atoms with van der Waals surface area (Å²) in [7, 11) is -14.6. The van der Waals surface area contributed by atoms with Crippen molar-refractivity contribution in [3.63, 3.8) is 0 Å². The molecule has 9 rings (SSSR count). The Labute approximate surface area is 528 Å². The van der Waals surface area contributed by atoms with Gasteiger partial charge < -0.3 is 87.9 Å². The van der Waals surface area contributed by atoms with E-state index in [-0.39, 0.29) is 29.1 Å². The Kier molecular flexibility index (Phi) is 21.5. The summed E-state index contributed by atoms with van der Waals surface area (Å²) in [5.74, 6) is -0.692. The van der Waals surface area contributed by atoms with E-state index >= 15 is 0 Å². The number of esters is 2. The summed E-state index contributed by atoms with van der Waals surface area (Å²) in [5.41, 5.74) is -2.42. The predicted octanol–water partition coefficient (Wildman–Crippen LogP) is -0.285. The molecule has 6 unspecified atom stereocenters. The van der Waals surface area contributed by atoms with Crippen molar-refractivity contribution in [1.29, 1.82) is 0 Å². The van der Waals surface area contributed by atoms with Gasteiger partial charge in [-0.1, -0.05) is 59.6 Å². The fraction of sp³-hybridized carbons (Fsp3) is 0.929. The van der Waals surface area contributed by atoms with Crippen molar-refractivity contribution in [2.45, 2.75) is 255 Å². The van der Waals surface area contributed by atoms with Gasteiger partial charge in [0, 0.05) is 19.4 Å². The molecule has 5 heterocycles. The SMILES string of the molecule is CO[C@@H]1[C@@H](O)[C@H](O[C@@H]2[C@@H](O)[C@H](O[C@H]3[C@H](O)[C@@H](O)[C@H](O[C@H]4[C@H](O[C@H]5CC[C@]6(C)C7CCC89C(=O)OC(C)(CCCC(C)C)C8C(OC(C)=O)C[C@@]9(C)C7=CCC6C5(C)C)OC[C@@H](OS(=O)(=O)O)[C@@H]4O)O[C@@H]3C)O[C@H](COS(=O)(=O)O)[C@H]2O)O[C@H](COS(=O)(=O)O)[C@H]1O. The van der Waals surface area contributed by atoms with Crippen molar-refractivity contribution in [2.24, 2.45) is 45.3 Å². The molecule has 35 heteroatoms. The number of methoxy groups -OCH3 is 1. The highest BCUT2D eigenvalue weighted by Gasteiger charge is 2.79. The molecular formula is C56H90O32S3. The first kappa shape index (κ1) is 72.9. The van der Waals surface area contributed by atoms with Gasteiger partial charge in [-0.25, -0.2) is 12.5 Å². The van der Waals surface area contributed by atoms with E-state index < -0.39 is 208 Å². The first-order valence-corrected chi connectivity index (χ1v) is 34.7. The second-order valence-corrected chi connectivity index (χ2v) is 30.8. The lowest BCUT2D eigenvalue weighted by Gasteiger charge is -2.64. The van der Waals surface area contributed by atoms with Crippen LogP contribution in [-0.2, 0) is 105 Å². The Hall–Kier alpha value is -2.35. The minimum atomic E-state index is -5.25. The molecule has 0 aromatic rings. The molecule has 0 radical (unpaired) electrons. The molecule has 91 heavy (non-hydrogen) atoms. The zero-order valence-corrected chi connectivity index (χ0v) is 54.6. The number of hydrogen-bond donors (Lipinski definition) is 10. The van der Waals surface area contributed by atoms with Crippen LogP contribution in [0.2, 0.25) is 0 Å². The van der Waals surface area contributed by atoms with Crippen molar-refractivity contribution in [1.82, 2.24) is 0 Å². The highest BCUT2D eigenvalue weighted by molar-refractivity contribution is 7.81. The van der Waals surface area contributed by atoms with Crippen LogP contribution in [0.25, 0.3) is 0 Å². The van der Waals surface area contributed by atoms with Gasteiger partial charge in [-0.15, -0.1) is 0 Å². The Balaban J connectivity index is 0.925. The lowest BCUT2D eigenvalue weighted by Crippen LogP contribution is -2.67. The van der Waals surface area contributed by atoms with Crippen LogP contribution in [0.5, 0.6) is 0 Å². The van der Waals surface area contributed by atoms with E-state index in [9.17, 15) is 79.7 Å². The second kappa shape index (κ2) is 26.8. The average Bonchev–Trinajstić information content (AvgIpc) is 1.52. The minimum absolute atomic E-state index is 0.00782. The van der Waals surface area contributed by atoms with Crippen LogP contribution >= 0.6 is 0 Å². The van der Waals surface area contributed by atoms with Crippen molar-refractivity contribution in [2.75, 3.05) is 26.9 Å². The van der Waals surface area contributed by atoms with Crippen LogP contribution < -0.4 is 0 Å². The lowest BCUT2D eigenvalue weighted by atomic mass is 9.41. The number of aliphatic hydroxyl groups excluding tert-OH is 7. The fourth-order valence-electron chi connectivity index (χ4n) is 17.0. The highest BCUT2D eigenvalue weighted by Crippen LogP contribution is 2.77. The minimum Gasteiger partial charge on any atom is -0.462 e. The highest BCUT2D eigenvalue weighted by atomic mass is 32.3. The zero-order chi connectivity index (χ0) is 67.3. The summed E-state index contributed by atoms with van der Waals surface area (Å²) in [4.78, 5) is 27.5. The number of carbonyl (C=O) groups excluding carboxylic acids is 2. The van der Waals surface area contributed by atoms with E-state index in [4.69, 9.17) is 60.8 Å². The van der Waals surface area contributed by atoms with Gasteiger partial charge in [-0.05, 0) is 93.8 Å². The van der Waals surface area contributed by atoms with E-state index in [0.29, 0.717) is 50.9 Å². The van der Waals surface area contributed by atoms with Crippen LogP contribution in [0, 0.1) is 45.3 Å².